The second-order valence-electron chi connectivity index (χ2n) is 5.62. The molecule has 1 heterocycles. The maximum absolute atomic E-state index is 7.76. The van der Waals surface area contributed by atoms with Crippen LogP contribution in [0.3, 0.4) is 0 Å². The second-order valence-corrected chi connectivity index (χ2v) is 6.47. The maximum atomic E-state index is 7.76. The van der Waals surface area contributed by atoms with Gasteiger partial charge in [0.2, 0.25) is 0 Å². The monoisotopic (exact) mass is 323 g/mol. The van der Waals surface area contributed by atoms with Crippen LogP contribution in [0.4, 0.5) is 5.69 Å². The molecule has 1 aromatic rings. The van der Waals surface area contributed by atoms with Gasteiger partial charge in [0, 0.05) is 23.2 Å². The molecular formula is C15H22BrN3. The van der Waals surface area contributed by atoms with Crippen LogP contribution in [0.2, 0.25) is 0 Å². The summed E-state index contributed by atoms with van der Waals surface area (Å²) in [5, 5.41) is 7.76. The van der Waals surface area contributed by atoms with Crippen molar-refractivity contribution >= 4 is 27.5 Å². The van der Waals surface area contributed by atoms with Gasteiger partial charge in [-0.1, -0.05) is 19.9 Å². The molecule has 0 radical (unpaired) electrons. The Morgan fingerprint density at radius 2 is 2.00 bits per heavy atom. The largest absolute Gasteiger partial charge is 0.384 e. The van der Waals surface area contributed by atoms with Crippen molar-refractivity contribution in [2.45, 2.75) is 26.7 Å². The van der Waals surface area contributed by atoms with Crippen molar-refractivity contribution in [3.8, 4) is 0 Å². The fraction of sp³-hybridized carbons (Fsp3) is 0.533. The average Bonchev–Trinajstić information content (AvgIpc) is 2.38. The van der Waals surface area contributed by atoms with Gasteiger partial charge in [-0.3, -0.25) is 5.41 Å². The molecule has 19 heavy (non-hydrogen) atoms. The van der Waals surface area contributed by atoms with Crippen molar-refractivity contribution in [3.63, 3.8) is 0 Å². The van der Waals surface area contributed by atoms with Gasteiger partial charge in [-0.25, -0.2) is 0 Å². The molecule has 1 fully saturated rings. The molecule has 0 atom stereocenters. The first-order valence-electron chi connectivity index (χ1n) is 6.88. The molecule has 0 saturated carbocycles. The summed E-state index contributed by atoms with van der Waals surface area (Å²) in [7, 11) is 0. The SMILES string of the molecule is CC(C)C1CCN(c2cccc(Br)c2C(=N)N)CC1. The first-order valence-corrected chi connectivity index (χ1v) is 7.68. The number of nitrogens with one attached hydrogen (secondary N) is 1. The van der Waals surface area contributed by atoms with Gasteiger partial charge in [0.25, 0.3) is 0 Å². The fourth-order valence-corrected chi connectivity index (χ4v) is 3.42. The van der Waals surface area contributed by atoms with Gasteiger partial charge in [0.05, 0.1) is 5.56 Å². The molecule has 3 N–H and O–H groups in total. The van der Waals surface area contributed by atoms with Crippen molar-refractivity contribution in [2.24, 2.45) is 17.6 Å². The van der Waals surface area contributed by atoms with Crippen LogP contribution in [-0.2, 0) is 0 Å². The summed E-state index contributed by atoms with van der Waals surface area (Å²) in [5.41, 5.74) is 7.64. The van der Waals surface area contributed by atoms with E-state index in [0.29, 0.717) is 0 Å². The lowest BCUT2D eigenvalue weighted by molar-refractivity contribution is 0.311. The normalized spacial score (nSPS) is 16.9. The lowest BCUT2D eigenvalue weighted by Crippen LogP contribution is -2.36. The van der Waals surface area contributed by atoms with Gasteiger partial charge in [-0.05, 0) is 52.7 Å². The van der Waals surface area contributed by atoms with Crippen LogP contribution >= 0.6 is 15.9 Å². The number of anilines is 1. The van der Waals surface area contributed by atoms with Crippen LogP contribution in [0.25, 0.3) is 0 Å². The quantitative estimate of drug-likeness (QED) is 0.659. The Morgan fingerprint density at radius 3 is 2.53 bits per heavy atom. The van der Waals surface area contributed by atoms with E-state index in [0.717, 1.165) is 40.6 Å². The molecule has 0 unspecified atom stereocenters. The van der Waals surface area contributed by atoms with E-state index >= 15 is 0 Å². The van der Waals surface area contributed by atoms with Crippen molar-refractivity contribution in [1.82, 2.24) is 0 Å². The van der Waals surface area contributed by atoms with Crippen LogP contribution in [0.5, 0.6) is 0 Å². The molecular weight excluding hydrogens is 302 g/mol. The summed E-state index contributed by atoms with van der Waals surface area (Å²) >= 11 is 3.50. The van der Waals surface area contributed by atoms with E-state index < -0.39 is 0 Å². The lowest BCUT2D eigenvalue weighted by Gasteiger charge is -2.36. The van der Waals surface area contributed by atoms with Crippen LogP contribution in [-0.4, -0.2) is 18.9 Å². The molecule has 0 bridgehead atoms. The first-order chi connectivity index (χ1) is 9.00. The minimum atomic E-state index is 0.133. The van der Waals surface area contributed by atoms with E-state index in [9.17, 15) is 0 Å². The standard InChI is InChI=1S/C15H22BrN3/c1-10(2)11-6-8-19(9-7-11)13-5-3-4-12(16)14(13)15(17)18/h3-5,10-11H,6-9H2,1-2H3,(H3,17,18). The average molecular weight is 324 g/mol. The molecule has 2 rings (SSSR count). The van der Waals surface area contributed by atoms with E-state index in [1.54, 1.807) is 0 Å². The third kappa shape index (κ3) is 3.11. The summed E-state index contributed by atoms with van der Waals surface area (Å²) in [6, 6.07) is 6.03. The third-order valence-corrected chi connectivity index (χ3v) is 4.74. The number of hydrogen-bond acceptors (Lipinski definition) is 2. The number of hydrogen-bond donors (Lipinski definition) is 2. The minimum Gasteiger partial charge on any atom is -0.384 e. The van der Waals surface area contributed by atoms with Gasteiger partial charge in [-0.15, -0.1) is 0 Å². The zero-order valence-electron chi connectivity index (χ0n) is 11.6. The number of nitrogens with zero attached hydrogens (tertiary/aromatic N) is 1. The van der Waals surface area contributed by atoms with E-state index in [1.165, 1.54) is 12.8 Å². The molecule has 4 heteroatoms. The number of nitrogen functional groups attached to an aromatic ring is 1. The van der Waals surface area contributed by atoms with Crippen molar-refractivity contribution < 1.29 is 0 Å². The Hall–Kier alpha value is -1.03. The van der Waals surface area contributed by atoms with Crippen molar-refractivity contribution in [1.29, 1.82) is 5.41 Å². The Bertz CT molecular complexity index is 462. The fourth-order valence-electron chi connectivity index (χ4n) is 2.85. The molecule has 0 aliphatic carbocycles. The molecule has 3 nitrogen and oxygen atoms in total. The Balaban J connectivity index is 2.20. The van der Waals surface area contributed by atoms with Crippen LogP contribution < -0.4 is 10.6 Å². The summed E-state index contributed by atoms with van der Waals surface area (Å²) in [6.07, 6.45) is 2.45. The second kappa shape index (κ2) is 5.95. The van der Waals surface area contributed by atoms with E-state index in [2.05, 4.69) is 40.7 Å². The Morgan fingerprint density at radius 1 is 1.37 bits per heavy atom. The highest BCUT2D eigenvalue weighted by Gasteiger charge is 2.24. The minimum absolute atomic E-state index is 0.133. The molecule has 1 aliphatic heterocycles. The third-order valence-electron chi connectivity index (χ3n) is 4.08. The smallest absolute Gasteiger partial charge is 0.126 e. The lowest BCUT2D eigenvalue weighted by atomic mass is 9.86. The van der Waals surface area contributed by atoms with Crippen LogP contribution in [0.1, 0.15) is 32.3 Å². The van der Waals surface area contributed by atoms with E-state index in [1.807, 2.05) is 12.1 Å². The predicted octanol–water partition coefficient (Wildman–Crippen LogP) is 3.61. The number of rotatable bonds is 3. The number of piperidine rings is 1. The highest BCUT2D eigenvalue weighted by atomic mass is 79.9. The van der Waals surface area contributed by atoms with Gasteiger partial charge < -0.3 is 10.6 Å². The number of benzene rings is 1. The Kier molecular flexibility index (Phi) is 4.50. The molecule has 1 aliphatic rings. The number of nitrogens with two attached hydrogens (primary N) is 1. The first kappa shape index (κ1) is 14.4. The molecule has 1 saturated heterocycles. The van der Waals surface area contributed by atoms with E-state index in [4.69, 9.17) is 11.1 Å². The number of amidine groups is 1. The Labute approximate surface area is 123 Å². The number of halogens is 1. The van der Waals surface area contributed by atoms with E-state index in [-0.39, 0.29) is 5.84 Å². The molecule has 0 spiro atoms. The molecule has 0 aromatic heterocycles. The zero-order valence-corrected chi connectivity index (χ0v) is 13.2. The zero-order chi connectivity index (χ0) is 14.0. The topological polar surface area (TPSA) is 53.1 Å². The molecule has 1 aromatic carbocycles. The molecule has 0 amide bonds. The predicted molar refractivity (Wildman–Crippen MR) is 84.9 cm³/mol. The van der Waals surface area contributed by atoms with Gasteiger partial charge >= 0.3 is 0 Å². The maximum Gasteiger partial charge on any atom is 0.126 e. The highest BCUT2D eigenvalue weighted by molar-refractivity contribution is 9.10. The summed E-state index contributed by atoms with van der Waals surface area (Å²) in [5.74, 6) is 1.72. The van der Waals surface area contributed by atoms with Gasteiger partial charge in [0.15, 0.2) is 0 Å². The summed E-state index contributed by atoms with van der Waals surface area (Å²) < 4.78 is 0.906. The summed E-state index contributed by atoms with van der Waals surface area (Å²) in [4.78, 5) is 2.36. The van der Waals surface area contributed by atoms with Crippen LogP contribution in [0.15, 0.2) is 22.7 Å². The van der Waals surface area contributed by atoms with Gasteiger partial charge in [-0.2, -0.15) is 0 Å². The summed E-state index contributed by atoms with van der Waals surface area (Å²) in [6.45, 7) is 6.72. The van der Waals surface area contributed by atoms with Crippen LogP contribution in [0, 0.1) is 17.2 Å². The van der Waals surface area contributed by atoms with Crippen molar-refractivity contribution in [3.05, 3.63) is 28.2 Å². The highest BCUT2D eigenvalue weighted by Crippen LogP contribution is 2.32. The van der Waals surface area contributed by atoms with Crippen molar-refractivity contribution in [2.75, 3.05) is 18.0 Å². The molecule has 104 valence electrons. The van der Waals surface area contributed by atoms with Gasteiger partial charge in [0.1, 0.15) is 5.84 Å².